The standard InChI is InChI=1S/C8H4ClF5/c9-7(8(12,13)14)4-1-2-5(10)6(11)3-4/h1-3,7H. The van der Waals surface area contributed by atoms with Crippen molar-refractivity contribution in [1.82, 2.24) is 0 Å². The molecule has 0 amide bonds. The number of hydrogen-bond acceptors (Lipinski definition) is 0. The molecular weight excluding hydrogens is 227 g/mol. The predicted octanol–water partition coefficient (Wildman–Crippen LogP) is 3.81. The van der Waals surface area contributed by atoms with Crippen LogP contribution < -0.4 is 0 Å². The van der Waals surface area contributed by atoms with Gasteiger partial charge in [0.15, 0.2) is 17.0 Å². The SMILES string of the molecule is Fc1ccc(C(Cl)C(F)(F)F)cc1F. The van der Waals surface area contributed by atoms with E-state index in [9.17, 15) is 22.0 Å². The number of benzene rings is 1. The molecule has 78 valence electrons. The predicted molar refractivity (Wildman–Crippen MR) is 41.0 cm³/mol. The molecule has 0 bridgehead atoms. The van der Waals surface area contributed by atoms with Crippen molar-refractivity contribution in [3.8, 4) is 0 Å². The van der Waals surface area contributed by atoms with Crippen LogP contribution in [0.3, 0.4) is 0 Å². The largest absolute Gasteiger partial charge is 0.408 e. The monoisotopic (exact) mass is 230 g/mol. The van der Waals surface area contributed by atoms with Crippen molar-refractivity contribution in [2.45, 2.75) is 11.6 Å². The maximum absolute atomic E-state index is 12.5. The molecule has 0 spiro atoms. The normalized spacial score (nSPS) is 14.1. The minimum absolute atomic E-state index is 0.431. The van der Waals surface area contributed by atoms with Crippen LogP contribution in [0.5, 0.6) is 0 Å². The molecule has 0 fully saturated rings. The second-order valence-corrected chi connectivity index (χ2v) is 3.01. The van der Waals surface area contributed by atoms with Crippen LogP contribution >= 0.6 is 11.6 Å². The van der Waals surface area contributed by atoms with Crippen molar-refractivity contribution in [1.29, 1.82) is 0 Å². The molecular formula is C8H4ClF5. The minimum Gasteiger partial charge on any atom is -0.204 e. The van der Waals surface area contributed by atoms with Crippen LogP contribution in [0.25, 0.3) is 0 Å². The molecule has 0 aliphatic carbocycles. The average molecular weight is 231 g/mol. The molecule has 0 N–H and O–H groups in total. The van der Waals surface area contributed by atoms with Crippen LogP contribution in [0.1, 0.15) is 10.9 Å². The van der Waals surface area contributed by atoms with Crippen molar-refractivity contribution >= 4 is 11.6 Å². The zero-order valence-electron chi connectivity index (χ0n) is 6.58. The van der Waals surface area contributed by atoms with Gasteiger partial charge in [0.2, 0.25) is 0 Å². The van der Waals surface area contributed by atoms with Crippen molar-refractivity contribution in [3.05, 3.63) is 35.4 Å². The summed E-state index contributed by atoms with van der Waals surface area (Å²) in [6, 6.07) is 1.83. The lowest BCUT2D eigenvalue weighted by atomic mass is 10.1. The van der Waals surface area contributed by atoms with Crippen LogP contribution in [0.15, 0.2) is 18.2 Å². The number of rotatable bonds is 1. The first-order valence-corrected chi connectivity index (χ1v) is 3.91. The lowest BCUT2D eigenvalue weighted by molar-refractivity contribution is -0.131. The van der Waals surface area contributed by atoms with Crippen LogP contribution in [0.2, 0.25) is 0 Å². The summed E-state index contributed by atoms with van der Waals surface area (Å²) in [6.07, 6.45) is -4.67. The Labute approximate surface area is 81.3 Å². The molecule has 0 aliphatic heterocycles. The molecule has 0 nitrogen and oxygen atoms in total. The third-order valence-electron chi connectivity index (χ3n) is 1.52. The molecule has 1 aromatic carbocycles. The van der Waals surface area contributed by atoms with Gasteiger partial charge in [-0.1, -0.05) is 6.07 Å². The van der Waals surface area contributed by atoms with Crippen molar-refractivity contribution < 1.29 is 22.0 Å². The van der Waals surface area contributed by atoms with Gasteiger partial charge in [0.25, 0.3) is 0 Å². The first-order chi connectivity index (χ1) is 6.32. The third kappa shape index (κ3) is 2.35. The molecule has 1 unspecified atom stereocenters. The first-order valence-electron chi connectivity index (χ1n) is 3.48. The van der Waals surface area contributed by atoms with E-state index in [4.69, 9.17) is 11.6 Å². The van der Waals surface area contributed by atoms with Gasteiger partial charge in [-0.25, -0.2) is 8.78 Å². The lowest BCUT2D eigenvalue weighted by Crippen LogP contribution is -2.15. The molecule has 14 heavy (non-hydrogen) atoms. The van der Waals surface area contributed by atoms with Gasteiger partial charge in [-0.05, 0) is 17.7 Å². The molecule has 0 radical (unpaired) electrons. The Morgan fingerprint density at radius 2 is 1.64 bits per heavy atom. The average Bonchev–Trinajstić information content (AvgIpc) is 2.07. The maximum atomic E-state index is 12.5. The highest BCUT2D eigenvalue weighted by molar-refractivity contribution is 6.21. The van der Waals surface area contributed by atoms with E-state index in [0.29, 0.717) is 12.1 Å². The highest BCUT2D eigenvalue weighted by Gasteiger charge is 2.39. The van der Waals surface area contributed by atoms with E-state index < -0.39 is 28.8 Å². The number of halogens is 6. The van der Waals surface area contributed by atoms with Gasteiger partial charge in [-0.15, -0.1) is 11.6 Å². The topological polar surface area (TPSA) is 0 Å². The molecule has 0 saturated carbocycles. The zero-order valence-corrected chi connectivity index (χ0v) is 7.33. The highest BCUT2D eigenvalue weighted by atomic mass is 35.5. The zero-order chi connectivity index (χ0) is 10.9. The summed E-state index contributed by atoms with van der Waals surface area (Å²) in [4.78, 5) is 0. The van der Waals surface area contributed by atoms with Gasteiger partial charge >= 0.3 is 6.18 Å². The Morgan fingerprint density at radius 3 is 2.07 bits per heavy atom. The Bertz CT molecular complexity index is 333. The summed E-state index contributed by atoms with van der Waals surface area (Å²) < 4.78 is 60.9. The van der Waals surface area contributed by atoms with Gasteiger partial charge in [-0.3, -0.25) is 0 Å². The summed E-state index contributed by atoms with van der Waals surface area (Å²) in [5.74, 6) is -2.56. The Morgan fingerprint density at radius 1 is 1.07 bits per heavy atom. The van der Waals surface area contributed by atoms with E-state index in [2.05, 4.69) is 0 Å². The minimum atomic E-state index is -4.67. The molecule has 1 aromatic rings. The molecule has 0 aromatic heterocycles. The number of hydrogen-bond donors (Lipinski definition) is 0. The summed E-state index contributed by atoms with van der Waals surface area (Å²) >= 11 is 4.99. The quantitative estimate of drug-likeness (QED) is 0.508. The van der Waals surface area contributed by atoms with E-state index in [1.54, 1.807) is 0 Å². The number of alkyl halides is 4. The van der Waals surface area contributed by atoms with Gasteiger partial charge in [-0.2, -0.15) is 13.2 Å². The molecule has 1 rings (SSSR count). The molecule has 0 saturated heterocycles. The Hall–Kier alpha value is -0.840. The van der Waals surface area contributed by atoms with Gasteiger partial charge in [0, 0.05) is 0 Å². The fourth-order valence-electron chi connectivity index (χ4n) is 0.859. The molecule has 1 atom stereocenters. The smallest absolute Gasteiger partial charge is 0.204 e. The summed E-state index contributed by atoms with van der Waals surface area (Å²) in [6.45, 7) is 0. The molecule has 6 heteroatoms. The summed E-state index contributed by atoms with van der Waals surface area (Å²) in [5.41, 5.74) is -0.516. The van der Waals surface area contributed by atoms with Crippen molar-refractivity contribution in [2.24, 2.45) is 0 Å². The van der Waals surface area contributed by atoms with E-state index in [1.165, 1.54) is 0 Å². The summed E-state index contributed by atoms with van der Waals surface area (Å²) in [5, 5.41) is -2.32. The summed E-state index contributed by atoms with van der Waals surface area (Å²) in [7, 11) is 0. The maximum Gasteiger partial charge on any atom is 0.408 e. The van der Waals surface area contributed by atoms with Gasteiger partial charge < -0.3 is 0 Å². The third-order valence-corrected chi connectivity index (χ3v) is 2.02. The Balaban J connectivity index is 3.03. The fourth-order valence-corrected chi connectivity index (χ4v) is 0.995. The van der Waals surface area contributed by atoms with E-state index in [0.717, 1.165) is 6.07 Å². The fraction of sp³-hybridized carbons (Fsp3) is 0.250. The van der Waals surface area contributed by atoms with Crippen LogP contribution in [-0.4, -0.2) is 6.18 Å². The van der Waals surface area contributed by atoms with Crippen LogP contribution in [0.4, 0.5) is 22.0 Å². The highest BCUT2D eigenvalue weighted by Crippen LogP contribution is 2.38. The molecule has 0 aliphatic rings. The first kappa shape index (κ1) is 11.2. The second kappa shape index (κ2) is 3.73. The van der Waals surface area contributed by atoms with Crippen LogP contribution in [-0.2, 0) is 0 Å². The van der Waals surface area contributed by atoms with Crippen molar-refractivity contribution in [2.75, 3.05) is 0 Å². The second-order valence-electron chi connectivity index (χ2n) is 2.58. The van der Waals surface area contributed by atoms with Crippen molar-refractivity contribution in [3.63, 3.8) is 0 Å². The van der Waals surface area contributed by atoms with E-state index in [1.807, 2.05) is 0 Å². The van der Waals surface area contributed by atoms with E-state index in [-0.39, 0.29) is 0 Å². The Kier molecular flexibility index (Phi) is 2.99. The van der Waals surface area contributed by atoms with Gasteiger partial charge in [0.1, 0.15) is 0 Å². The van der Waals surface area contributed by atoms with Crippen LogP contribution in [0, 0.1) is 11.6 Å². The van der Waals surface area contributed by atoms with E-state index >= 15 is 0 Å². The van der Waals surface area contributed by atoms with Gasteiger partial charge in [0.05, 0.1) is 0 Å². The molecule has 0 heterocycles. The lowest BCUT2D eigenvalue weighted by Gasteiger charge is -2.13.